The Bertz CT molecular complexity index is 529. The first kappa shape index (κ1) is 17.0. The van der Waals surface area contributed by atoms with E-state index >= 15 is 0 Å². The molecule has 1 aromatic rings. The van der Waals surface area contributed by atoms with Crippen molar-refractivity contribution < 1.29 is 8.42 Å². The summed E-state index contributed by atoms with van der Waals surface area (Å²) in [5.74, 6) is 0. The molecule has 1 heterocycles. The summed E-state index contributed by atoms with van der Waals surface area (Å²) in [6.07, 6.45) is 0.789. The smallest absolute Gasteiger partial charge is 0.244 e. The molecule has 8 heteroatoms. The van der Waals surface area contributed by atoms with Gasteiger partial charge in [-0.15, -0.1) is 12.4 Å². The number of rotatable bonds is 2. The van der Waals surface area contributed by atoms with Gasteiger partial charge in [0.1, 0.15) is 4.90 Å². The lowest BCUT2D eigenvalue weighted by Crippen LogP contribution is -2.34. The average molecular weight is 346 g/mol. The minimum absolute atomic E-state index is 0. The van der Waals surface area contributed by atoms with E-state index in [1.54, 1.807) is 6.07 Å². The highest BCUT2D eigenvalue weighted by molar-refractivity contribution is 7.89. The maximum Gasteiger partial charge on any atom is 0.244 e. The number of halogens is 3. The predicted molar refractivity (Wildman–Crippen MR) is 80.0 cm³/mol. The molecular formula is C11H15Cl3N2O2S. The van der Waals surface area contributed by atoms with Crippen molar-refractivity contribution >= 4 is 45.6 Å². The molecule has 0 saturated carbocycles. The molecule has 1 saturated heterocycles. The predicted octanol–water partition coefficient (Wildman–Crippen LogP) is 2.40. The minimum Gasteiger partial charge on any atom is -0.315 e. The van der Waals surface area contributed by atoms with E-state index in [0.29, 0.717) is 24.7 Å². The Morgan fingerprint density at radius 2 is 1.89 bits per heavy atom. The second-order valence-corrected chi connectivity index (χ2v) is 6.83. The summed E-state index contributed by atoms with van der Waals surface area (Å²) in [6.45, 7) is 2.43. The molecule has 1 N–H and O–H groups in total. The van der Waals surface area contributed by atoms with Crippen molar-refractivity contribution in [2.75, 3.05) is 26.2 Å². The fourth-order valence-corrected chi connectivity index (χ4v) is 4.09. The van der Waals surface area contributed by atoms with Gasteiger partial charge in [-0.25, -0.2) is 8.42 Å². The molecule has 108 valence electrons. The van der Waals surface area contributed by atoms with Gasteiger partial charge in [-0.3, -0.25) is 0 Å². The largest absolute Gasteiger partial charge is 0.315 e. The van der Waals surface area contributed by atoms with Gasteiger partial charge in [0.05, 0.1) is 5.02 Å². The Morgan fingerprint density at radius 1 is 1.16 bits per heavy atom. The molecule has 0 unspecified atom stereocenters. The number of hydrogen-bond acceptors (Lipinski definition) is 3. The van der Waals surface area contributed by atoms with Gasteiger partial charge >= 0.3 is 0 Å². The summed E-state index contributed by atoms with van der Waals surface area (Å²) < 4.78 is 26.4. The lowest BCUT2D eigenvalue weighted by atomic mass is 10.4. The van der Waals surface area contributed by atoms with Gasteiger partial charge in [-0.05, 0) is 31.2 Å². The van der Waals surface area contributed by atoms with E-state index in [1.165, 1.54) is 16.4 Å². The Balaban J connectivity index is 0.00000180. The molecular weight excluding hydrogens is 331 g/mol. The number of nitrogens with zero attached hydrogens (tertiary/aromatic N) is 1. The third-order valence-electron chi connectivity index (χ3n) is 2.81. The Hall–Kier alpha value is -0.0400. The Kier molecular flexibility index (Phi) is 6.36. The third kappa shape index (κ3) is 3.97. The van der Waals surface area contributed by atoms with Crippen molar-refractivity contribution in [2.45, 2.75) is 11.3 Å². The molecule has 1 fully saturated rings. The zero-order valence-electron chi connectivity index (χ0n) is 10.1. The van der Waals surface area contributed by atoms with Crippen LogP contribution in [0.2, 0.25) is 10.0 Å². The van der Waals surface area contributed by atoms with Crippen LogP contribution in [0.1, 0.15) is 6.42 Å². The van der Waals surface area contributed by atoms with Crippen LogP contribution in [0.25, 0.3) is 0 Å². The Labute approximate surface area is 129 Å². The molecule has 19 heavy (non-hydrogen) atoms. The highest BCUT2D eigenvalue weighted by Crippen LogP contribution is 2.27. The van der Waals surface area contributed by atoms with Crippen molar-refractivity contribution in [3.05, 3.63) is 28.2 Å². The van der Waals surface area contributed by atoms with Crippen molar-refractivity contribution in [2.24, 2.45) is 0 Å². The summed E-state index contributed by atoms with van der Waals surface area (Å²) in [7, 11) is -3.56. The van der Waals surface area contributed by atoms with E-state index < -0.39 is 10.0 Å². The molecule has 4 nitrogen and oxygen atoms in total. The number of hydrogen-bond donors (Lipinski definition) is 1. The van der Waals surface area contributed by atoms with Gasteiger partial charge in [0.25, 0.3) is 0 Å². The summed E-state index contributed by atoms with van der Waals surface area (Å²) in [6, 6.07) is 4.48. The van der Waals surface area contributed by atoms with Crippen molar-refractivity contribution in [1.29, 1.82) is 0 Å². The molecule has 0 amide bonds. The van der Waals surface area contributed by atoms with Crippen LogP contribution in [-0.2, 0) is 10.0 Å². The average Bonchev–Trinajstić information content (AvgIpc) is 2.61. The van der Waals surface area contributed by atoms with E-state index in [2.05, 4.69) is 5.32 Å². The first-order valence-electron chi connectivity index (χ1n) is 5.68. The van der Waals surface area contributed by atoms with E-state index in [4.69, 9.17) is 23.2 Å². The molecule has 0 atom stereocenters. The molecule has 0 spiro atoms. The molecule has 1 aromatic carbocycles. The first-order valence-corrected chi connectivity index (χ1v) is 7.87. The van der Waals surface area contributed by atoms with Crippen molar-refractivity contribution in [3.63, 3.8) is 0 Å². The Morgan fingerprint density at radius 3 is 2.63 bits per heavy atom. The minimum atomic E-state index is -3.56. The van der Waals surface area contributed by atoms with Gasteiger partial charge in [0, 0.05) is 24.7 Å². The van der Waals surface area contributed by atoms with E-state index in [9.17, 15) is 8.42 Å². The zero-order chi connectivity index (χ0) is 13.2. The van der Waals surface area contributed by atoms with Gasteiger partial charge < -0.3 is 5.32 Å². The highest BCUT2D eigenvalue weighted by atomic mass is 35.5. The lowest BCUT2D eigenvalue weighted by molar-refractivity contribution is 0.432. The zero-order valence-corrected chi connectivity index (χ0v) is 13.2. The molecule has 0 bridgehead atoms. The van der Waals surface area contributed by atoms with Gasteiger partial charge in [-0.2, -0.15) is 4.31 Å². The van der Waals surface area contributed by atoms with Crippen LogP contribution in [0.5, 0.6) is 0 Å². The van der Waals surface area contributed by atoms with Crippen LogP contribution in [-0.4, -0.2) is 38.9 Å². The van der Waals surface area contributed by atoms with Gasteiger partial charge in [-0.1, -0.05) is 23.2 Å². The maximum absolute atomic E-state index is 12.5. The SMILES string of the molecule is Cl.O=S(=O)(c1cc(Cl)ccc1Cl)N1CCCNCC1. The third-order valence-corrected chi connectivity index (χ3v) is 5.43. The maximum atomic E-state index is 12.5. The van der Waals surface area contributed by atoms with Crippen LogP contribution < -0.4 is 5.32 Å². The molecule has 2 rings (SSSR count). The van der Waals surface area contributed by atoms with E-state index in [0.717, 1.165) is 13.0 Å². The summed E-state index contributed by atoms with van der Waals surface area (Å²) in [5, 5.41) is 3.73. The van der Waals surface area contributed by atoms with Crippen molar-refractivity contribution in [1.82, 2.24) is 9.62 Å². The topological polar surface area (TPSA) is 49.4 Å². The lowest BCUT2D eigenvalue weighted by Gasteiger charge is -2.20. The fraction of sp³-hybridized carbons (Fsp3) is 0.455. The van der Waals surface area contributed by atoms with Crippen molar-refractivity contribution in [3.8, 4) is 0 Å². The number of benzene rings is 1. The summed E-state index contributed by atoms with van der Waals surface area (Å²) in [5.41, 5.74) is 0. The molecule has 1 aliphatic rings. The fourth-order valence-electron chi connectivity index (χ4n) is 1.88. The quantitative estimate of drug-likeness (QED) is 0.895. The molecule has 0 aromatic heterocycles. The summed E-state index contributed by atoms with van der Waals surface area (Å²) >= 11 is 11.8. The van der Waals surface area contributed by atoms with E-state index in [-0.39, 0.29) is 22.3 Å². The van der Waals surface area contributed by atoms with E-state index in [1.807, 2.05) is 0 Å². The molecule has 0 radical (unpaired) electrons. The monoisotopic (exact) mass is 344 g/mol. The van der Waals surface area contributed by atoms with Gasteiger partial charge in [0.2, 0.25) is 10.0 Å². The highest BCUT2D eigenvalue weighted by Gasteiger charge is 2.27. The standard InChI is InChI=1S/C11H14Cl2N2O2S.ClH/c12-9-2-3-10(13)11(8-9)18(16,17)15-6-1-4-14-5-7-15;/h2-3,8,14H,1,4-7H2;1H. The number of sulfonamides is 1. The van der Waals surface area contributed by atoms with Crippen LogP contribution in [0, 0.1) is 0 Å². The van der Waals surface area contributed by atoms with Crippen LogP contribution in [0.15, 0.2) is 23.1 Å². The second kappa shape index (κ2) is 7.11. The van der Waals surface area contributed by atoms with Crippen LogP contribution in [0.4, 0.5) is 0 Å². The van der Waals surface area contributed by atoms with Crippen LogP contribution >= 0.6 is 35.6 Å². The number of nitrogens with one attached hydrogen (secondary N) is 1. The van der Waals surface area contributed by atoms with Crippen LogP contribution in [0.3, 0.4) is 0 Å². The van der Waals surface area contributed by atoms with Gasteiger partial charge in [0.15, 0.2) is 0 Å². The second-order valence-electron chi connectivity index (χ2n) is 4.08. The normalized spacial score (nSPS) is 17.6. The molecule has 0 aliphatic carbocycles. The summed E-state index contributed by atoms with van der Waals surface area (Å²) in [4.78, 5) is 0.0820. The molecule has 1 aliphatic heterocycles. The first-order chi connectivity index (χ1) is 8.51.